The Balaban J connectivity index is 2.14. The lowest BCUT2D eigenvalue weighted by atomic mass is 10.00. The van der Waals surface area contributed by atoms with Gasteiger partial charge in [0, 0.05) is 12.5 Å². The maximum atomic E-state index is 11.6. The summed E-state index contributed by atoms with van der Waals surface area (Å²) in [6, 6.07) is 5.01. The second-order valence-corrected chi connectivity index (χ2v) is 4.73. The number of aliphatic hydroxyl groups excluding tert-OH is 1. The summed E-state index contributed by atoms with van der Waals surface area (Å²) in [7, 11) is 0. The summed E-state index contributed by atoms with van der Waals surface area (Å²) in [5, 5.41) is 9.93. The van der Waals surface area contributed by atoms with Gasteiger partial charge in [-0.1, -0.05) is 6.07 Å². The number of benzene rings is 1. The van der Waals surface area contributed by atoms with E-state index in [1.54, 1.807) is 26.0 Å². The molecule has 0 bridgehead atoms. The zero-order chi connectivity index (χ0) is 14.0. The van der Waals surface area contributed by atoms with E-state index in [9.17, 15) is 9.90 Å². The van der Waals surface area contributed by atoms with E-state index in [2.05, 4.69) is 0 Å². The van der Waals surface area contributed by atoms with Crippen molar-refractivity contribution in [3.05, 3.63) is 29.3 Å². The first-order chi connectivity index (χ1) is 9.02. The molecule has 1 aromatic carbocycles. The van der Waals surface area contributed by atoms with Gasteiger partial charge >= 0.3 is 5.97 Å². The molecule has 1 aliphatic heterocycles. The molecule has 0 aromatic heterocycles. The quantitative estimate of drug-likeness (QED) is 0.792. The van der Waals surface area contributed by atoms with Crippen LogP contribution in [0.25, 0.3) is 0 Å². The van der Waals surface area contributed by atoms with E-state index in [1.807, 2.05) is 6.07 Å². The Bertz CT molecular complexity index is 473. The van der Waals surface area contributed by atoms with Gasteiger partial charge in [0.1, 0.15) is 5.75 Å². The van der Waals surface area contributed by atoms with Gasteiger partial charge in [0.05, 0.1) is 12.7 Å². The van der Waals surface area contributed by atoms with Crippen LogP contribution < -0.4 is 10.5 Å². The summed E-state index contributed by atoms with van der Waals surface area (Å²) in [5.41, 5.74) is 7.31. The van der Waals surface area contributed by atoms with Gasteiger partial charge in [0.2, 0.25) is 0 Å². The summed E-state index contributed by atoms with van der Waals surface area (Å²) in [5.74, 6) is 0.312. The summed E-state index contributed by atoms with van der Waals surface area (Å²) in [4.78, 5) is 11.6. The number of carbonyl (C=O) groups is 1. The third kappa shape index (κ3) is 2.88. The summed E-state index contributed by atoms with van der Waals surface area (Å²) < 4.78 is 10.5. The Hall–Kier alpha value is -1.59. The zero-order valence-corrected chi connectivity index (χ0v) is 11.1. The first-order valence-corrected chi connectivity index (χ1v) is 6.42. The Morgan fingerprint density at radius 1 is 1.63 bits per heavy atom. The molecule has 5 heteroatoms. The molecule has 0 spiro atoms. The topological polar surface area (TPSA) is 81.8 Å². The summed E-state index contributed by atoms with van der Waals surface area (Å²) in [6.45, 7) is 3.84. The van der Waals surface area contributed by atoms with Crippen LogP contribution in [0.5, 0.6) is 5.75 Å². The fraction of sp³-hybridized carbons (Fsp3) is 0.500. The van der Waals surface area contributed by atoms with Crippen LogP contribution in [0.1, 0.15) is 31.1 Å². The highest BCUT2D eigenvalue weighted by Crippen LogP contribution is 2.32. The molecule has 0 aliphatic carbocycles. The van der Waals surface area contributed by atoms with E-state index in [0.29, 0.717) is 18.8 Å². The van der Waals surface area contributed by atoms with Crippen molar-refractivity contribution in [2.45, 2.75) is 38.5 Å². The molecule has 0 amide bonds. The second-order valence-electron chi connectivity index (χ2n) is 4.73. The molecule has 2 rings (SSSR count). The lowest BCUT2D eigenvalue weighted by molar-refractivity contribution is -0.150. The van der Waals surface area contributed by atoms with Gasteiger partial charge in [0.25, 0.3) is 0 Å². The van der Waals surface area contributed by atoms with E-state index in [-0.39, 0.29) is 12.0 Å². The molecule has 0 radical (unpaired) electrons. The predicted octanol–water partition coefficient (Wildman–Crippen LogP) is 0.934. The van der Waals surface area contributed by atoms with Crippen LogP contribution in [0.3, 0.4) is 0 Å². The maximum Gasteiger partial charge on any atom is 0.347 e. The highest BCUT2D eigenvalue weighted by molar-refractivity contribution is 5.76. The van der Waals surface area contributed by atoms with Crippen molar-refractivity contribution in [3.63, 3.8) is 0 Å². The minimum atomic E-state index is -0.716. The average molecular weight is 265 g/mol. The fourth-order valence-corrected chi connectivity index (χ4v) is 2.12. The molecule has 104 valence electrons. The van der Waals surface area contributed by atoms with Gasteiger partial charge < -0.3 is 20.3 Å². The third-order valence-corrected chi connectivity index (χ3v) is 3.15. The van der Waals surface area contributed by atoms with Crippen LogP contribution in [-0.2, 0) is 16.0 Å². The first-order valence-electron chi connectivity index (χ1n) is 6.42. The van der Waals surface area contributed by atoms with Crippen LogP contribution in [-0.4, -0.2) is 29.8 Å². The van der Waals surface area contributed by atoms with Gasteiger partial charge in [-0.05, 0) is 37.1 Å². The van der Waals surface area contributed by atoms with E-state index < -0.39 is 12.2 Å². The number of fused-ring (bicyclic) bond motifs is 1. The smallest absolute Gasteiger partial charge is 0.347 e. The largest absolute Gasteiger partial charge is 0.478 e. The Morgan fingerprint density at radius 2 is 2.37 bits per heavy atom. The molecule has 1 heterocycles. The normalized spacial score (nSPS) is 20.3. The Kier molecular flexibility index (Phi) is 4.07. The zero-order valence-electron chi connectivity index (χ0n) is 11.1. The van der Waals surface area contributed by atoms with Gasteiger partial charge in [-0.25, -0.2) is 4.79 Å². The molecular formula is C14H19NO4. The van der Waals surface area contributed by atoms with Crippen LogP contribution in [0, 0.1) is 0 Å². The SMILES string of the molecule is CCOC(=O)C1Cc2cc(C(O)C(C)N)ccc2O1. The van der Waals surface area contributed by atoms with Crippen molar-refractivity contribution in [1.29, 1.82) is 0 Å². The molecule has 0 saturated carbocycles. The molecule has 3 unspecified atom stereocenters. The van der Waals surface area contributed by atoms with E-state index in [4.69, 9.17) is 15.2 Å². The van der Waals surface area contributed by atoms with Crippen LogP contribution in [0.15, 0.2) is 18.2 Å². The van der Waals surface area contributed by atoms with E-state index in [0.717, 1.165) is 11.1 Å². The molecular weight excluding hydrogens is 246 g/mol. The lowest BCUT2D eigenvalue weighted by Gasteiger charge is -2.15. The highest BCUT2D eigenvalue weighted by atomic mass is 16.6. The van der Waals surface area contributed by atoms with Crippen LogP contribution >= 0.6 is 0 Å². The molecule has 5 nitrogen and oxygen atoms in total. The van der Waals surface area contributed by atoms with Crippen LogP contribution in [0.4, 0.5) is 0 Å². The molecule has 3 N–H and O–H groups in total. The standard InChI is InChI=1S/C14H19NO4/c1-3-18-14(17)12-7-10-6-9(13(16)8(2)15)4-5-11(10)19-12/h4-6,8,12-13,16H,3,7,15H2,1-2H3. The average Bonchev–Trinajstić information content (AvgIpc) is 2.80. The van der Waals surface area contributed by atoms with Crippen molar-refractivity contribution in [3.8, 4) is 5.75 Å². The number of hydrogen-bond acceptors (Lipinski definition) is 5. The number of rotatable bonds is 4. The molecule has 0 fully saturated rings. The number of ether oxygens (including phenoxy) is 2. The fourth-order valence-electron chi connectivity index (χ4n) is 2.12. The number of carbonyl (C=O) groups excluding carboxylic acids is 1. The Morgan fingerprint density at radius 3 is 3.00 bits per heavy atom. The minimum absolute atomic E-state index is 0.337. The predicted molar refractivity (Wildman–Crippen MR) is 69.8 cm³/mol. The van der Waals surface area contributed by atoms with Crippen molar-refractivity contribution in [2.75, 3.05) is 6.61 Å². The van der Waals surface area contributed by atoms with Crippen molar-refractivity contribution in [1.82, 2.24) is 0 Å². The molecule has 0 saturated heterocycles. The Labute approximate surface area is 112 Å². The maximum absolute atomic E-state index is 11.6. The minimum Gasteiger partial charge on any atom is -0.478 e. The van der Waals surface area contributed by atoms with E-state index >= 15 is 0 Å². The monoisotopic (exact) mass is 265 g/mol. The number of aliphatic hydroxyl groups is 1. The highest BCUT2D eigenvalue weighted by Gasteiger charge is 2.30. The van der Waals surface area contributed by atoms with Crippen molar-refractivity contribution < 1.29 is 19.4 Å². The number of hydrogen-bond donors (Lipinski definition) is 2. The van der Waals surface area contributed by atoms with E-state index in [1.165, 1.54) is 0 Å². The first kappa shape index (κ1) is 13.8. The van der Waals surface area contributed by atoms with Crippen molar-refractivity contribution in [2.24, 2.45) is 5.73 Å². The number of esters is 1. The second kappa shape index (κ2) is 5.59. The summed E-state index contributed by atoms with van der Waals surface area (Å²) in [6.07, 6.45) is -0.835. The van der Waals surface area contributed by atoms with Crippen LogP contribution in [0.2, 0.25) is 0 Å². The molecule has 1 aliphatic rings. The van der Waals surface area contributed by atoms with Gasteiger partial charge in [-0.2, -0.15) is 0 Å². The van der Waals surface area contributed by atoms with Crippen molar-refractivity contribution >= 4 is 5.97 Å². The molecule has 19 heavy (non-hydrogen) atoms. The molecule has 1 aromatic rings. The lowest BCUT2D eigenvalue weighted by Crippen LogP contribution is -2.27. The van der Waals surface area contributed by atoms with Gasteiger partial charge in [-0.15, -0.1) is 0 Å². The third-order valence-electron chi connectivity index (χ3n) is 3.15. The summed E-state index contributed by atoms with van der Waals surface area (Å²) >= 11 is 0. The van der Waals surface area contributed by atoms with Gasteiger partial charge in [-0.3, -0.25) is 0 Å². The molecule has 3 atom stereocenters. The number of nitrogens with two attached hydrogens (primary N) is 1. The van der Waals surface area contributed by atoms with Gasteiger partial charge in [0.15, 0.2) is 6.10 Å².